The molecule has 6 nitrogen and oxygen atoms in total. The van der Waals surface area contributed by atoms with E-state index in [9.17, 15) is 9.59 Å². The van der Waals surface area contributed by atoms with E-state index >= 15 is 0 Å². The number of para-hydroxylation sites is 1. The molecule has 0 aliphatic heterocycles. The average Bonchev–Trinajstić information content (AvgIpc) is 2.57. The van der Waals surface area contributed by atoms with E-state index in [1.165, 1.54) is 0 Å². The van der Waals surface area contributed by atoms with Gasteiger partial charge >= 0.3 is 0 Å². The Hall–Kier alpha value is -3.02. The van der Waals surface area contributed by atoms with Crippen molar-refractivity contribution >= 4 is 16.8 Å². The maximum absolute atomic E-state index is 12.6. The molecule has 0 aliphatic rings. The highest BCUT2D eigenvalue weighted by atomic mass is 16.2. The molecule has 0 saturated heterocycles. The van der Waals surface area contributed by atoms with E-state index in [1.54, 1.807) is 6.07 Å². The Morgan fingerprint density at radius 2 is 1.96 bits per heavy atom. The van der Waals surface area contributed by atoms with E-state index in [1.807, 2.05) is 45.0 Å². The van der Waals surface area contributed by atoms with Crippen LogP contribution in [0.4, 0.5) is 0 Å². The summed E-state index contributed by atoms with van der Waals surface area (Å²) in [5.74, 6) is -0.257. The van der Waals surface area contributed by atoms with Crippen LogP contribution in [0.1, 0.15) is 32.9 Å². The summed E-state index contributed by atoms with van der Waals surface area (Å²) in [4.78, 5) is 29.0. The van der Waals surface area contributed by atoms with Crippen LogP contribution in [-0.2, 0) is 6.54 Å². The second-order valence-corrected chi connectivity index (χ2v) is 5.75. The molecule has 3 aromatic rings. The maximum Gasteiger partial charge on any atom is 0.269 e. The minimum Gasteiger partial charge on any atom is -0.348 e. The van der Waals surface area contributed by atoms with Gasteiger partial charge in [0.15, 0.2) is 0 Å². The molecule has 122 valence electrons. The largest absolute Gasteiger partial charge is 0.348 e. The van der Waals surface area contributed by atoms with Gasteiger partial charge in [-0.2, -0.15) is 5.10 Å². The third kappa shape index (κ3) is 2.90. The highest BCUT2D eigenvalue weighted by Crippen LogP contribution is 2.17. The molecule has 2 heterocycles. The Balaban J connectivity index is 1.91. The number of nitrogens with zero attached hydrogens (tertiary/aromatic N) is 2. The first-order valence-electron chi connectivity index (χ1n) is 7.66. The number of aryl methyl sites for hydroxylation is 2. The standard InChI is InChI=1S/C18H18N4O2/c1-10-7-8-13-5-4-6-14(16(13)20-10)17(23)19-9-15-11(2)12(3)21-22-18(15)24/h4-8H,9H2,1-3H3,(H,19,23)(H,22,24). The van der Waals surface area contributed by atoms with Crippen molar-refractivity contribution in [2.45, 2.75) is 27.3 Å². The van der Waals surface area contributed by atoms with Crippen LogP contribution in [0, 0.1) is 20.8 Å². The van der Waals surface area contributed by atoms with Crippen LogP contribution in [0.2, 0.25) is 0 Å². The van der Waals surface area contributed by atoms with Crippen molar-refractivity contribution in [2.24, 2.45) is 0 Å². The van der Waals surface area contributed by atoms with Crippen LogP contribution >= 0.6 is 0 Å². The average molecular weight is 322 g/mol. The van der Waals surface area contributed by atoms with Crippen molar-refractivity contribution < 1.29 is 4.79 Å². The Bertz CT molecular complexity index is 992. The van der Waals surface area contributed by atoms with Gasteiger partial charge in [0.25, 0.3) is 11.5 Å². The number of carbonyl (C=O) groups excluding carboxylic acids is 1. The quantitative estimate of drug-likeness (QED) is 0.773. The first-order chi connectivity index (χ1) is 11.5. The fourth-order valence-electron chi connectivity index (χ4n) is 2.58. The Kier molecular flexibility index (Phi) is 4.12. The number of amides is 1. The third-order valence-corrected chi connectivity index (χ3v) is 4.12. The first-order valence-corrected chi connectivity index (χ1v) is 7.66. The van der Waals surface area contributed by atoms with Gasteiger partial charge in [0.1, 0.15) is 0 Å². The summed E-state index contributed by atoms with van der Waals surface area (Å²) in [5.41, 5.74) is 3.75. The monoisotopic (exact) mass is 322 g/mol. The lowest BCUT2D eigenvalue weighted by atomic mass is 10.1. The first kappa shape index (κ1) is 15.9. The molecule has 3 rings (SSSR count). The summed E-state index contributed by atoms with van der Waals surface area (Å²) in [7, 11) is 0. The number of carbonyl (C=O) groups is 1. The molecule has 0 saturated carbocycles. The molecule has 0 unspecified atom stereocenters. The van der Waals surface area contributed by atoms with Crippen LogP contribution in [-0.4, -0.2) is 21.1 Å². The van der Waals surface area contributed by atoms with E-state index in [0.29, 0.717) is 16.6 Å². The Labute approximate surface area is 138 Å². The second kappa shape index (κ2) is 6.23. The predicted octanol–water partition coefficient (Wildman–Crippen LogP) is 2.17. The third-order valence-electron chi connectivity index (χ3n) is 4.12. The van der Waals surface area contributed by atoms with Gasteiger partial charge in [-0.1, -0.05) is 18.2 Å². The second-order valence-electron chi connectivity index (χ2n) is 5.75. The molecule has 24 heavy (non-hydrogen) atoms. The van der Waals surface area contributed by atoms with E-state index in [2.05, 4.69) is 20.5 Å². The summed E-state index contributed by atoms with van der Waals surface area (Å²) in [6.45, 7) is 5.66. The van der Waals surface area contributed by atoms with Crippen LogP contribution in [0.15, 0.2) is 35.1 Å². The van der Waals surface area contributed by atoms with Crippen molar-refractivity contribution in [3.05, 3.63) is 68.8 Å². The van der Waals surface area contributed by atoms with Crippen molar-refractivity contribution in [3.63, 3.8) is 0 Å². The summed E-state index contributed by atoms with van der Waals surface area (Å²) < 4.78 is 0. The fraction of sp³-hybridized carbons (Fsp3) is 0.222. The highest BCUT2D eigenvalue weighted by molar-refractivity contribution is 6.05. The maximum atomic E-state index is 12.6. The number of hydrogen-bond donors (Lipinski definition) is 2. The van der Waals surface area contributed by atoms with Crippen molar-refractivity contribution in [2.75, 3.05) is 0 Å². The Morgan fingerprint density at radius 3 is 2.75 bits per heavy atom. The number of benzene rings is 1. The SMILES string of the molecule is Cc1ccc2cccc(C(=O)NCc3c(C)c(C)n[nH]c3=O)c2n1. The van der Waals surface area contributed by atoms with Crippen LogP contribution < -0.4 is 10.9 Å². The molecule has 0 aliphatic carbocycles. The van der Waals surface area contributed by atoms with Crippen LogP contribution in [0.5, 0.6) is 0 Å². The molecule has 0 fully saturated rings. The highest BCUT2D eigenvalue weighted by Gasteiger charge is 2.13. The zero-order chi connectivity index (χ0) is 17.3. The van der Waals surface area contributed by atoms with Crippen LogP contribution in [0.3, 0.4) is 0 Å². The number of fused-ring (bicyclic) bond motifs is 1. The number of pyridine rings is 1. The molecule has 1 amide bonds. The van der Waals surface area contributed by atoms with E-state index in [-0.39, 0.29) is 18.0 Å². The number of H-pyrrole nitrogens is 1. The zero-order valence-electron chi connectivity index (χ0n) is 13.8. The summed E-state index contributed by atoms with van der Waals surface area (Å²) in [6.07, 6.45) is 0. The molecule has 0 radical (unpaired) electrons. The van der Waals surface area contributed by atoms with Crippen molar-refractivity contribution in [1.82, 2.24) is 20.5 Å². The van der Waals surface area contributed by atoms with Gasteiger partial charge in [-0.3, -0.25) is 14.6 Å². The molecule has 1 aromatic carbocycles. The van der Waals surface area contributed by atoms with Crippen LogP contribution in [0.25, 0.3) is 10.9 Å². The normalized spacial score (nSPS) is 10.8. The number of nitrogens with one attached hydrogen (secondary N) is 2. The topological polar surface area (TPSA) is 87.7 Å². The zero-order valence-corrected chi connectivity index (χ0v) is 13.8. The molecule has 2 N–H and O–H groups in total. The van der Waals surface area contributed by atoms with E-state index in [0.717, 1.165) is 22.3 Å². The smallest absolute Gasteiger partial charge is 0.269 e. The predicted molar refractivity (Wildman–Crippen MR) is 92.0 cm³/mol. The van der Waals surface area contributed by atoms with Gasteiger partial charge in [0, 0.05) is 23.2 Å². The number of aromatic amines is 1. The van der Waals surface area contributed by atoms with Gasteiger partial charge in [-0.15, -0.1) is 0 Å². The number of rotatable bonds is 3. The number of aromatic nitrogens is 3. The lowest BCUT2D eigenvalue weighted by Gasteiger charge is -2.10. The molecular formula is C18H18N4O2. The van der Waals surface area contributed by atoms with Gasteiger partial charge in [-0.05, 0) is 38.5 Å². The lowest BCUT2D eigenvalue weighted by molar-refractivity contribution is 0.0952. The molecule has 0 bridgehead atoms. The lowest BCUT2D eigenvalue weighted by Crippen LogP contribution is -2.28. The van der Waals surface area contributed by atoms with E-state index < -0.39 is 0 Å². The fourth-order valence-corrected chi connectivity index (χ4v) is 2.58. The molecule has 2 aromatic heterocycles. The molecule has 0 atom stereocenters. The number of hydrogen-bond acceptors (Lipinski definition) is 4. The van der Waals surface area contributed by atoms with Gasteiger partial charge < -0.3 is 5.32 Å². The van der Waals surface area contributed by atoms with Gasteiger partial charge in [-0.25, -0.2) is 5.10 Å². The van der Waals surface area contributed by atoms with Gasteiger partial charge in [0.2, 0.25) is 0 Å². The summed E-state index contributed by atoms with van der Waals surface area (Å²) >= 11 is 0. The van der Waals surface area contributed by atoms with Crippen molar-refractivity contribution in [3.8, 4) is 0 Å². The van der Waals surface area contributed by atoms with Crippen molar-refractivity contribution in [1.29, 1.82) is 0 Å². The minimum atomic E-state index is -0.287. The van der Waals surface area contributed by atoms with E-state index in [4.69, 9.17) is 0 Å². The molecule has 6 heteroatoms. The molecule has 0 spiro atoms. The summed E-state index contributed by atoms with van der Waals surface area (Å²) in [6, 6.07) is 9.32. The Morgan fingerprint density at radius 1 is 1.17 bits per heavy atom. The summed E-state index contributed by atoms with van der Waals surface area (Å²) in [5, 5.41) is 10.1. The minimum absolute atomic E-state index is 0.144. The molecular weight excluding hydrogens is 304 g/mol. The van der Waals surface area contributed by atoms with Gasteiger partial charge in [0.05, 0.1) is 16.8 Å².